The first-order valence-electron chi connectivity index (χ1n) is 13.2. The molecule has 0 N–H and O–H groups in total. The molecule has 8 rings (SSSR count). The molecule has 0 aliphatic heterocycles. The Morgan fingerprint density at radius 3 is 1.65 bits per heavy atom. The van der Waals surface area contributed by atoms with E-state index >= 15 is 0 Å². The predicted molar refractivity (Wildman–Crippen MR) is 149 cm³/mol. The van der Waals surface area contributed by atoms with Crippen molar-refractivity contribution < 1.29 is 17.6 Å². The number of hydrogen-bond donors (Lipinski definition) is 0. The molecule has 2 saturated carbocycles. The molecule has 4 aromatic heterocycles. The number of imidazole rings is 2. The standard InChI is InChI=1S/C15H9F2N5.C14H9ClF2N4/c1-18-14-9(6-19-7-20-14)15-21-12-4-10(16)11(17)5-13(12)22(15)8-2-3-8;15-13-8(5-18-6-19-13)14-20-11-3-9(16)10(17)4-12(11)21(14)7-1-2-7/h4-8H,2-3H2;3-7H,1-2H2. The molecule has 2 aliphatic carbocycles. The molecule has 4 heterocycles. The second kappa shape index (κ2) is 10.4. The number of aromatic nitrogens is 8. The lowest BCUT2D eigenvalue weighted by Gasteiger charge is -2.08. The lowest BCUT2D eigenvalue weighted by atomic mass is 10.2. The van der Waals surface area contributed by atoms with Gasteiger partial charge >= 0.3 is 0 Å². The fourth-order valence-electron chi connectivity index (χ4n) is 5.00. The van der Waals surface area contributed by atoms with Gasteiger partial charge < -0.3 is 14.0 Å². The molecule has 0 saturated heterocycles. The van der Waals surface area contributed by atoms with E-state index in [1.165, 1.54) is 24.9 Å². The molecule has 43 heavy (non-hydrogen) atoms. The Morgan fingerprint density at radius 2 is 1.16 bits per heavy atom. The summed E-state index contributed by atoms with van der Waals surface area (Å²) in [6.45, 7) is 7.21. The van der Waals surface area contributed by atoms with Crippen molar-refractivity contribution >= 4 is 39.5 Å². The number of nitrogens with zero attached hydrogens (tertiary/aromatic N) is 9. The molecule has 0 unspecified atom stereocenters. The second-order valence-electron chi connectivity index (χ2n) is 10.2. The largest absolute Gasteiger partial charge is 0.360 e. The molecule has 2 aromatic carbocycles. The fourth-order valence-corrected chi connectivity index (χ4v) is 5.18. The van der Waals surface area contributed by atoms with Crippen LogP contribution in [0.1, 0.15) is 37.8 Å². The van der Waals surface area contributed by atoms with Crippen molar-refractivity contribution in [1.29, 1.82) is 0 Å². The van der Waals surface area contributed by atoms with Gasteiger partial charge in [-0.05, 0) is 25.7 Å². The van der Waals surface area contributed by atoms with Crippen molar-refractivity contribution in [3.8, 4) is 22.8 Å². The van der Waals surface area contributed by atoms with Gasteiger partial charge in [0.15, 0.2) is 23.3 Å². The first kappa shape index (κ1) is 26.9. The highest BCUT2D eigenvalue weighted by atomic mass is 35.5. The van der Waals surface area contributed by atoms with E-state index in [1.807, 2.05) is 9.13 Å². The zero-order valence-electron chi connectivity index (χ0n) is 22.0. The molecule has 9 nitrogen and oxygen atoms in total. The van der Waals surface area contributed by atoms with E-state index in [-0.39, 0.29) is 23.1 Å². The van der Waals surface area contributed by atoms with E-state index in [0.717, 1.165) is 43.9 Å². The smallest absolute Gasteiger partial charge is 0.283 e. The summed E-state index contributed by atoms with van der Waals surface area (Å²) in [7, 11) is 0. The number of benzene rings is 2. The first-order chi connectivity index (χ1) is 20.8. The molecular weight excluding hydrogens is 586 g/mol. The van der Waals surface area contributed by atoms with Crippen LogP contribution in [0.4, 0.5) is 23.4 Å². The van der Waals surface area contributed by atoms with E-state index in [4.69, 9.17) is 18.2 Å². The summed E-state index contributed by atoms with van der Waals surface area (Å²) < 4.78 is 57.7. The molecular formula is C29H18ClF4N9. The van der Waals surface area contributed by atoms with Crippen molar-refractivity contribution in [2.45, 2.75) is 37.8 Å². The number of hydrogen-bond acceptors (Lipinski definition) is 6. The number of fused-ring (bicyclic) bond motifs is 2. The molecule has 0 spiro atoms. The van der Waals surface area contributed by atoms with Gasteiger partial charge in [0.05, 0.1) is 33.2 Å². The van der Waals surface area contributed by atoms with Crippen LogP contribution in [0.5, 0.6) is 0 Å². The number of halogens is 5. The summed E-state index contributed by atoms with van der Waals surface area (Å²) >= 11 is 6.09. The third-order valence-corrected chi connectivity index (χ3v) is 7.53. The van der Waals surface area contributed by atoms with Crippen LogP contribution in [0.25, 0.3) is 49.7 Å². The van der Waals surface area contributed by atoms with Crippen molar-refractivity contribution in [3.05, 3.63) is 89.2 Å². The molecule has 6 aromatic rings. The maximum Gasteiger partial charge on any atom is 0.283 e. The number of rotatable bonds is 4. The third-order valence-electron chi connectivity index (χ3n) is 7.23. The maximum absolute atomic E-state index is 13.6. The van der Waals surface area contributed by atoms with E-state index in [1.54, 1.807) is 6.20 Å². The van der Waals surface area contributed by atoms with Crippen molar-refractivity contribution in [3.63, 3.8) is 0 Å². The van der Waals surface area contributed by atoms with Crippen LogP contribution in [0.3, 0.4) is 0 Å². The summed E-state index contributed by atoms with van der Waals surface area (Å²) in [6, 6.07) is 4.92. The predicted octanol–water partition coefficient (Wildman–Crippen LogP) is 7.42. The molecule has 0 bridgehead atoms. The van der Waals surface area contributed by atoms with Gasteiger partial charge in [-0.3, -0.25) is 0 Å². The summed E-state index contributed by atoms with van der Waals surface area (Å²) in [6.07, 6.45) is 9.54. The summed E-state index contributed by atoms with van der Waals surface area (Å²) in [5.74, 6) is -2.44. The lowest BCUT2D eigenvalue weighted by Crippen LogP contribution is -1.99. The summed E-state index contributed by atoms with van der Waals surface area (Å²) in [5.41, 5.74) is 2.88. The molecule has 14 heteroatoms. The Labute approximate surface area is 245 Å². The molecule has 2 aliphatic rings. The van der Waals surface area contributed by atoms with Gasteiger partial charge in [-0.25, -0.2) is 42.5 Å². The minimum atomic E-state index is -0.936. The van der Waals surface area contributed by atoms with Crippen LogP contribution in [0, 0.1) is 29.8 Å². The van der Waals surface area contributed by atoms with E-state index in [2.05, 4.69) is 34.7 Å². The fraction of sp³-hybridized carbons (Fsp3) is 0.207. The second-order valence-corrected chi connectivity index (χ2v) is 10.5. The summed E-state index contributed by atoms with van der Waals surface area (Å²) in [4.78, 5) is 27.9. The quantitative estimate of drug-likeness (QED) is 0.118. The van der Waals surface area contributed by atoms with Crippen LogP contribution in [0.15, 0.2) is 49.3 Å². The normalized spacial score (nSPS) is 14.5. The average molecular weight is 604 g/mol. The van der Waals surface area contributed by atoms with Gasteiger partial charge in [-0.1, -0.05) is 18.2 Å². The maximum atomic E-state index is 13.6. The van der Waals surface area contributed by atoms with Gasteiger partial charge in [0.2, 0.25) is 6.33 Å². The van der Waals surface area contributed by atoms with Gasteiger partial charge in [0.1, 0.15) is 23.1 Å². The third kappa shape index (κ3) is 4.83. The van der Waals surface area contributed by atoms with Crippen molar-refractivity contribution in [2.24, 2.45) is 0 Å². The van der Waals surface area contributed by atoms with Crippen LogP contribution >= 0.6 is 11.6 Å². The van der Waals surface area contributed by atoms with Gasteiger partial charge in [-0.2, -0.15) is 0 Å². The van der Waals surface area contributed by atoms with E-state index in [0.29, 0.717) is 44.8 Å². The molecule has 2 fully saturated rings. The minimum Gasteiger partial charge on any atom is -0.360 e. The van der Waals surface area contributed by atoms with Crippen LogP contribution in [0.2, 0.25) is 5.15 Å². The van der Waals surface area contributed by atoms with Gasteiger partial charge in [-0.15, -0.1) is 4.98 Å². The molecule has 214 valence electrons. The highest BCUT2D eigenvalue weighted by Gasteiger charge is 2.31. The molecule has 0 radical (unpaired) electrons. The zero-order valence-corrected chi connectivity index (χ0v) is 22.8. The Balaban J connectivity index is 0.000000140. The Bertz CT molecular complexity index is 2090. The van der Waals surface area contributed by atoms with Crippen LogP contribution < -0.4 is 0 Å². The SMILES string of the molecule is Fc1cc2nc(-c3cncnc3Cl)n(C3CC3)c2cc1F.[C-]#[N+]c1ncncc1-c1nc2cc(F)c(F)cc2n1C1CC1. The monoisotopic (exact) mass is 603 g/mol. The topological polar surface area (TPSA) is 91.6 Å². The van der Waals surface area contributed by atoms with Crippen molar-refractivity contribution in [1.82, 2.24) is 39.0 Å². The van der Waals surface area contributed by atoms with E-state index in [9.17, 15) is 17.6 Å². The summed E-state index contributed by atoms with van der Waals surface area (Å²) in [5, 5.41) is 0.267. The van der Waals surface area contributed by atoms with Gasteiger partial charge in [0.25, 0.3) is 5.82 Å². The van der Waals surface area contributed by atoms with Crippen LogP contribution in [-0.2, 0) is 0 Å². The zero-order chi connectivity index (χ0) is 29.8. The average Bonchev–Trinajstić information content (AvgIpc) is 3.95. The van der Waals surface area contributed by atoms with E-state index < -0.39 is 23.3 Å². The lowest BCUT2D eigenvalue weighted by molar-refractivity contribution is 0.510. The highest BCUT2D eigenvalue weighted by molar-refractivity contribution is 6.31. The Morgan fingerprint density at radius 1 is 0.698 bits per heavy atom. The van der Waals surface area contributed by atoms with Crippen LogP contribution in [-0.4, -0.2) is 39.0 Å². The van der Waals surface area contributed by atoms with Gasteiger partial charge in [0, 0.05) is 48.7 Å². The first-order valence-corrected chi connectivity index (χ1v) is 13.6. The highest BCUT2D eigenvalue weighted by Crippen LogP contribution is 2.43. The Kier molecular flexibility index (Phi) is 6.50. The molecule has 0 atom stereocenters. The van der Waals surface area contributed by atoms with Crippen molar-refractivity contribution in [2.75, 3.05) is 0 Å². The minimum absolute atomic E-state index is 0.174. The molecule has 0 amide bonds. The Hall–Kier alpha value is -4.96.